The van der Waals surface area contributed by atoms with Crippen LogP contribution in [0.25, 0.3) is 10.2 Å². The van der Waals surface area contributed by atoms with E-state index in [0.29, 0.717) is 13.1 Å². The standard InChI is InChI=1S/C19H23N3O2S/c1-13-9-10-15(24-13)11-21(3)12-18(23)22(4)14(2)19-20-16-7-5-6-8-17(16)25-19/h5-10,14H,11-12H2,1-4H3/p+1/t14-/m1/s1. The lowest BCUT2D eigenvalue weighted by atomic mass is 10.3. The quantitative estimate of drug-likeness (QED) is 0.736. The summed E-state index contributed by atoms with van der Waals surface area (Å²) in [6.07, 6.45) is 0. The Hall–Kier alpha value is -2.18. The Morgan fingerprint density at radius 2 is 2.08 bits per heavy atom. The molecule has 0 radical (unpaired) electrons. The van der Waals surface area contributed by atoms with Crippen LogP contribution in [0.15, 0.2) is 40.8 Å². The van der Waals surface area contributed by atoms with Crippen molar-refractivity contribution in [1.82, 2.24) is 9.88 Å². The smallest absolute Gasteiger partial charge is 0.278 e. The third-order valence-corrected chi connectivity index (χ3v) is 5.57. The number of carbonyl (C=O) groups is 1. The second-order valence-electron chi connectivity index (χ2n) is 6.52. The number of aromatic nitrogens is 1. The average molecular weight is 358 g/mol. The number of likely N-dealkylation sites (N-methyl/N-ethyl adjacent to an activating group) is 2. The van der Waals surface area contributed by atoms with Crippen LogP contribution in [-0.4, -0.2) is 36.4 Å². The maximum atomic E-state index is 12.6. The van der Waals surface area contributed by atoms with Gasteiger partial charge in [-0.15, -0.1) is 11.3 Å². The van der Waals surface area contributed by atoms with E-state index in [9.17, 15) is 4.79 Å². The summed E-state index contributed by atoms with van der Waals surface area (Å²) in [6, 6.07) is 12.0. The lowest BCUT2D eigenvalue weighted by Crippen LogP contribution is -3.08. The molecule has 0 aliphatic rings. The van der Waals surface area contributed by atoms with Crippen LogP contribution in [0.4, 0.5) is 0 Å². The maximum Gasteiger partial charge on any atom is 0.278 e. The second kappa shape index (κ2) is 7.37. The third kappa shape index (κ3) is 4.08. The molecule has 0 aliphatic heterocycles. The number of nitrogens with zero attached hydrogens (tertiary/aromatic N) is 2. The number of furan rings is 1. The molecule has 1 amide bonds. The van der Waals surface area contributed by atoms with Gasteiger partial charge < -0.3 is 14.2 Å². The zero-order valence-electron chi connectivity index (χ0n) is 15.1. The van der Waals surface area contributed by atoms with Crippen LogP contribution >= 0.6 is 11.3 Å². The molecule has 2 aromatic heterocycles. The van der Waals surface area contributed by atoms with E-state index in [0.717, 1.165) is 31.6 Å². The van der Waals surface area contributed by atoms with Gasteiger partial charge in [0, 0.05) is 7.05 Å². The molecule has 0 fully saturated rings. The van der Waals surface area contributed by atoms with E-state index in [2.05, 4.69) is 11.1 Å². The SMILES string of the molecule is Cc1ccc(C[NH+](C)CC(=O)N(C)[C@H](C)c2nc3ccccc3s2)o1. The van der Waals surface area contributed by atoms with Crippen LogP contribution in [0.2, 0.25) is 0 Å². The van der Waals surface area contributed by atoms with Crippen molar-refractivity contribution in [3.05, 3.63) is 52.9 Å². The van der Waals surface area contributed by atoms with Crippen LogP contribution in [0, 0.1) is 6.92 Å². The summed E-state index contributed by atoms with van der Waals surface area (Å²) in [7, 11) is 3.86. The molecule has 0 bridgehead atoms. The van der Waals surface area contributed by atoms with Crippen LogP contribution < -0.4 is 4.90 Å². The summed E-state index contributed by atoms with van der Waals surface area (Å²) in [6.45, 7) is 5.08. The van der Waals surface area contributed by atoms with Gasteiger partial charge in [0.05, 0.1) is 23.3 Å². The van der Waals surface area contributed by atoms with Crippen molar-refractivity contribution >= 4 is 27.5 Å². The van der Waals surface area contributed by atoms with E-state index in [1.165, 1.54) is 0 Å². The number of fused-ring (bicyclic) bond motifs is 1. The van der Waals surface area contributed by atoms with Gasteiger partial charge in [0.1, 0.15) is 17.3 Å². The summed E-state index contributed by atoms with van der Waals surface area (Å²) in [5.41, 5.74) is 0.992. The van der Waals surface area contributed by atoms with Crippen LogP contribution in [0.3, 0.4) is 0 Å². The molecule has 0 saturated carbocycles. The highest BCUT2D eigenvalue weighted by atomic mass is 32.1. The minimum absolute atomic E-state index is 0.0384. The Morgan fingerprint density at radius 1 is 1.32 bits per heavy atom. The summed E-state index contributed by atoms with van der Waals surface area (Å²) >= 11 is 1.65. The van der Waals surface area contributed by atoms with Crippen LogP contribution in [0.5, 0.6) is 0 Å². The van der Waals surface area contributed by atoms with Gasteiger partial charge in [-0.2, -0.15) is 0 Å². The van der Waals surface area contributed by atoms with Crippen molar-refractivity contribution in [3.63, 3.8) is 0 Å². The first-order valence-electron chi connectivity index (χ1n) is 8.42. The van der Waals surface area contributed by atoms with E-state index >= 15 is 0 Å². The molecule has 6 heteroatoms. The number of hydrogen-bond acceptors (Lipinski definition) is 4. The number of amides is 1. The van der Waals surface area contributed by atoms with Crippen LogP contribution in [0.1, 0.15) is 29.5 Å². The molecule has 25 heavy (non-hydrogen) atoms. The number of thiazole rings is 1. The molecule has 1 aromatic carbocycles. The molecule has 2 atom stereocenters. The molecule has 3 rings (SSSR count). The molecule has 3 aromatic rings. The number of carbonyl (C=O) groups excluding carboxylic acids is 1. The Balaban J connectivity index is 1.62. The van der Waals surface area contributed by atoms with E-state index in [4.69, 9.17) is 4.42 Å². The highest BCUT2D eigenvalue weighted by molar-refractivity contribution is 7.18. The Kier molecular flexibility index (Phi) is 5.20. The number of benzene rings is 1. The van der Waals surface area contributed by atoms with Gasteiger partial charge in [-0.25, -0.2) is 4.98 Å². The normalized spacial score (nSPS) is 13.8. The summed E-state index contributed by atoms with van der Waals surface area (Å²) in [5, 5.41) is 0.969. The molecule has 1 unspecified atom stereocenters. The molecule has 132 valence electrons. The van der Waals surface area contributed by atoms with Crippen molar-refractivity contribution < 1.29 is 14.1 Å². The van der Waals surface area contributed by atoms with Crippen molar-refractivity contribution in [1.29, 1.82) is 0 Å². The molecule has 0 aliphatic carbocycles. The van der Waals surface area contributed by atoms with E-state index in [-0.39, 0.29) is 11.9 Å². The van der Waals surface area contributed by atoms with E-state index in [1.807, 2.05) is 58.3 Å². The number of nitrogens with one attached hydrogen (secondary N) is 1. The first kappa shape index (κ1) is 17.6. The zero-order chi connectivity index (χ0) is 18.0. The monoisotopic (exact) mass is 358 g/mol. The number of para-hydroxylation sites is 1. The van der Waals surface area contributed by atoms with E-state index in [1.54, 1.807) is 16.2 Å². The summed E-state index contributed by atoms with van der Waals surface area (Å²) < 4.78 is 6.75. The first-order valence-corrected chi connectivity index (χ1v) is 9.23. The Bertz CT molecular complexity index is 837. The number of aryl methyl sites for hydroxylation is 1. The number of hydrogen-bond donors (Lipinski definition) is 1. The maximum absolute atomic E-state index is 12.6. The van der Waals surface area contributed by atoms with Gasteiger partial charge in [-0.1, -0.05) is 12.1 Å². The van der Waals surface area contributed by atoms with Gasteiger partial charge in [0.15, 0.2) is 12.3 Å². The van der Waals surface area contributed by atoms with Gasteiger partial charge in [-0.3, -0.25) is 4.79 Å². The summed E-state index contributed by atoms with van der Waals surface area (Å²) in [5.74, 6) is 1.91. The third-order valence-electron chi connectivity index (χ3n) is 4.37. The largest absolute Gasteiger partial charge is 0.460 e. The minimum atomic E-state index is -0.0384. The second-order valence-corrected chi connectivity index (χ2v) is 7.59. The highest BCUT2D eigenvalue weighted by Crippen LogP contribution is 2.28. The first-order chi connectivity index (χ1) is 11.9. The van der Waals surface area contributed by atoms with Gasteiger partial charge in [0.25, 0.3) is 5.91 Å². The average Bonchev–Trinajstić information content (AvgIpc) is 3.19. The van der Waals surface area contributed by atoms with Crippen molar-refractivity contribution in [3.8, 4) is 0 Å². The molecule has 2 heterocycles. The molecule has 0 saturated heterocycles. The summed E-state index contributed by atoms with van der Waals surface area (Å²) in [4.78, 5) is 20.2. The molecule has 0 spiro atoms. The fourth-order valence-electron chi connectivity index (χ4n) is 2.77. The number of rotatable bonds is 6. The molecular weight excluding hydrogens is 334 g/mol. The molecule has 5 nitrogen and oxygen atoms in total. The fourth-order valence-corrected chi connectivity index (χ4v) is 3.84. The zero-order valence-corrected chi connectivity index (χ0v) is 15.9. The highest BCUT2D eigenvalue weighted by Gasteiger charge is 2.23. The number of quaternary nitrogens is 1. The molecular formula is C19H24N3O2S+. The van der Waals surface area contributed by atoms with Gasteiger partial charge >= 0.3 is 0 Å². The Labute approximate surface area is 151 Å². The van der Waals surface area contributed by atoms with Crippen molar-refractivity contribution in [2.45, 2.75) is 26.4 Å². The predicted octanol–water partition coefficient (Wildman–Crippen LogP) is 2.43. The van der Waals surface area contributed by atoms with Crippen molar-refractivity contribution in [2.75, 3.05) is 20.6 Å². The Morgan fingerprint density at radius 3 is 2.76 bits per heavy atom. The van der Waals surface area contributed by atoms with Gasteiger partial charge in [-0.05, 0) is 38.1 Å². The predicted molar refractivity (Wildman–Crippen MR) is 99.7 cm³/mol. The lowest BCUT2D eigenvalue weighted by molar-refractivity contribution is -0.886. The fraction of sp³-hybridized carbons (Fsp3) is 0.368. The van der Waals surface area contributed by atoms with Gasteiger partial charge in [0.2, 0.25) is 0 Å². The molecule has 1 N–H and O–H groups in total. The minimum Gasteiger partial charge on any atom is -0.460 e. The lowest BCUT2D eigenvalue weighted by Gasteiger charge is -2.24. The topological polar surface area (TPSA) is 50.8 Å². The van der Waals surface area contributed by atoms with E-state index < -0.39 is 0 Å². The van der Waals surface area contributed by atoms with Crippen molar-refractivity contribution in [2.24, 2.45) is 0 Å². The van der Waals surface area contributed by atoms with Crippen LogP contribution in [-0.2, 0) is 11.3 Å².